The number of thiophene rings is 1. The van der Waals surface area contributed by atoms with Gasteiger partial charge in [-0.3, -0.25) is 9.59 Å². The SMILES string of the molecule is CCCSc1nc(NCCN)c2nnn(Cc3ccc(C(=O)NCCOCCNC(=O)CCc4csc(-c5ccc6c7cc(CNC)ccc7n(CC)c6c5)c4)cc3)c2n1. The van der Waals surface area contributed by atoms with Crippen LogP contribution >= 0.6 is 23.1 Å². The van der Waals surface area contributed by atoms with E-state index in [-0.39, 0.29) is 11.8 Å². The summed E-state index contributed by atoms with van der Waals surface area (Å²) in [6.45, 7) is 8.97. The van der Waals surface area contributed by atoms with Crippen molar-refractivity contribution in [2.24, 2.45) is 5.73 Å². The maximum absolute atomic E-state index is 12.8. The topological polar surface area (TPSA) is 179 Å². The highest BCUT2D eigenvalue weighted by atomic mass is 32.2. The molecule has 4 heterocycles. The fourth-order valence-corrected chi connectivity index (χ4v) is 8.75. The van der Waals surface area contributed by atoms with Crippen LogP contribution in [0.2, 0.25) is 0 Å². The molecule has 14 nitrogen and oxygen atoms in total. The molecule has 0 bridgehead atoms. The van der Waals surface area contributed by atoms with Crippen molar-refractivity contribution in [1.82, 2.24) is 45.5 Å². The summed E-state index contributed by atoms with van der Waals surface area (Å²) in [4.78, 5) is 35.9. The van der Waals surface area contributed by atoms with Crippen LogP contribution in [0.15, 0.2) is 77.3 Å². The highest BCUT2D eigenvalue weighted by Crippen LogP contribution is 2.35. The third-order valence-electron chi connectivity index (χ3n) is 10.1. The number of hydrogen-bond acceptors (Lipinski definition) is 12. The van der Waals surface area contributed by atoms with Crippen molar-refractivity contribution in [2.45, 2.75) is 57.9 Å². The van der Waals surface area contributed by atoms with Gasteiger partial charge in [0.15, 0.2) is 22.1 Å². The number of amides is 2. The lowest BCUT2D eigenvalue weighted by atomic mass is 10.1. The standard InChI is InChI=1S/C44H53N11O3S2/c1-4-22-59-44-50-41(48-17-16-45)40-42(51-44)55(53-52-40)27-29-6-10-32(11-7-29)43(57)49-19-21-58-20-18-47-39(56)15-9-31-24-38(60-28-31)33-12-13-34-35-23-30(26-46-3)8-14-36(35)54(5-2)37(34)25-33/h6-8,10-14,23-25,28,46H,4-5,9,15-22,26-27,45H2,1-3H3,(H,47,56)(H,49,57)(H,48,50,51). The first-order valence-electron chi connectivity index (χ1n) is 20.6. The summed E-state index contributed by atoms with van der Waals surface area (Å²) in [5.74, 6) is 1.32. The zero-order chi connectivity index (χ0) is 41.8. The minimum absolute atomic E-state index is 0.0140. The number of nitrogens with zero attached hydrogens (tertiary/aromatic N) is 6. The van der Waals surface area contributed by atoms with Crippen molar-refractivity contribution >= 4 is 73.7 Å². The van der Waals surface area contributed by atoms with Crippen molar-refractivity contribution in [2.75, 3.05) is 57.5 Å². The third-order valence-corrected chi connectivity index (χ3v) is 12.2. The maximum atomic E-state index is 12.8. The molecule has 314 valence electrons. The van der Waals surface area contributed by atoms with Crippen LogP contribution in [0.3, 0.4) is 0 Å². The fraction of sp³-hybridized carbons (Fsp3) is 0.364. The quantitative estimate of drug-likeness (QED) is 0.0298. The average molecular weight is 848 g/mol. The number of rotatable bonds is 22. The highest BCUT2D eigenvalue weighted by molar-refractivity contribution is 7.99. The first-order chi connectivity index (χ1) is 29.4. The van der Waals surface area contributed by atoms with Crippen molar-refractivity contribution < 1.29 is 14.3 Å². The number of thioether (sulfide) groups is 1. The number of aryl methyl sites for hydroxylation is 2. The molecule has 0 saturated carbocycles. The van der Waals surface area contributed by atoms with E-state index in [1.54, 1.807) is 39.9 Å². The number of carbonyl (C=O) groups is 2. The molecular formula is C44H53N11O3S2. The first-order valence-corrected chi connectivity index (χ1v) is 22.4. The molecule has 0 unspecified atom stereocenters. The molecule has 4 aromatic heterocycles. The van der Waals surface area contributed by atoms with E-state index in [1.807, 2.05) is 19.2 Å². The summed E-state index contributed by atoms with van der Waals surface area (Å²) in [5, 5.41) is 26.4. The van der Waals surface area contributed by atoms with E-state index in [4.69, 9.17) is 15.5 Å². The van der Waals surface area contributed by atoms with Gasteiger partial charge in [0.1, 0.15) is 0 Å². The zero-order valence-corrected chi connectivity index (χ0v) is 36.1. The Kier molecular flexibility index (Phi) is 14.8. The van der Waals surface area contributed by atoms with E-state index < -0.39 is 0 Å². The van der Waals surface area contributed by atoms with Crippen LogP contribution in [-0.4, -0.2) is 93.5 Å². The van der Waals surface area contributed by atoms with Crippen LogP contribution in [0.25, 0.3) is 43.4 Å². The van der Waals surface area contributed by atoms with E-state index >= 15 is 0 Å². The third kappa shape index (κ3) is 10.3. The van der Waals surface area contributed by atoms with Crippen molar-refractivity contribution in [3.05, 3.63) is 94.4 Å². The fourth-order valence-electron chi connectivity index (χ4n) is 7.11. The Hall–Kier alpha value is -5.39. The Balaban J connectivity index is 0.812. The molecule has 6 N–H and O–H groups in total. The van der Waals surface area contributed by atoms with Crippen LogP contribution in [-0.2, 0) is 35.6 Å². The van der Waals surface area contributed by atoms with Gasteiger partial charge in [0.25, 0.3) is 5.91 Å². The van der Waals surface area contributed by atoms with Gasteiger partial charge in [0.05, 0.1) is 19.8 Å². The number of nitrogens with one attached hydrogen (secondary N) is 4. The molecule has 0 spiro atoms. The molecule has 2 amide bonds. The van der Waals surface area contributed by atoms with Gasteiger partial charge >= 0.3 is 0 Å². The predicted molar refractivity (Wildman–Crippen MR) is 243 cm³/mol. The Bertz CT molecular complexity index is 2550. The van der Waals surface area contributed by atoms with Crippen LogP contribution < -0.4 is 27.0 Å². The van der Waals surface area contributed by atoms with E-state index in [9.17, 15) is 9.59 Å². The van der Waals surface area contributed by atoms with Crippen LogP contribution in [0.4, 0.5) is 5.82 Å². The van der Waals surface area contributed by atoms with E-state index in [2.05, 4.69) is 103 Å². The molecule has 16 heteroatoms. The Morgan fingerprint density at radius 2 is 1.70 bits per heavy atom. The lowest BCUT2D eigenvalue weighted by Crippen LogP contribution is -2.30. The van der Waals surface area contributed by atoms with Gasteiger partial charge in [-0.25, -0.2) is 14.6 Å². The molecule has 0 atom stereocenters. The van der Waals surface area contributed by atoms with Gasteiger partial charge in [0, 0.05) is 83.7 Å². The minimum Gasteiger partial charge on any atom is -0.378 e. The molecule has 7 aromatic rings. The largest absolute Gasteiger partial charge is 0.378 e. The molecule has 0 aliphatic heterocycles. The normalized spacial score (nSPS) is 11.5. The first kappa shape index (κ1) is 42.7. The number of hydrogen-bond donors (Lipinski definition) is 5. The number of fused-ring (bicyclic) bond motifs is 4. The number of carbonyl (C=O) groups excluding carboxylic acids is 2. The summed E-state index contributed by atoms with van der Waals surface area (Å²) in [6, 6.07) is 23.0. The maximum Gasteiger partial charge on any atom is 0.251 e. The highest BCUT2D eigenvalue weighted by Gasteiger charge is 2.17. The summed E-state index contributed by atoms with van der Waals surface area (Å²) < 4.78 is 9.80. The monoisotopic (exact) mass is 847 g/mol. The van der Waals surface area contributed by atoms with Gasteiger partial charge in [-0.2, -0.15) is 0 Å². The lowest BCUT2D eigenvalue weighted by molar-refractivity contribution is -0.121. The smallest absolute Gasteiger partial charge is 0.251 e. The minimum atomic E-state index is -0.189. The number of ether oxygens (including phenoxy) is 1. The Morgan fingerprint density at radius 3 is 2.48 bits per heavy atom. The number of aromatic nitrogens is 6. The second-order valence-electron chi connectivity index (χ2n) is 14.4. The average Bonchev–Trinajstić information content (AvgIpc) is 3.99. The molecule has 60 heavy (non-hydrogen) atoms. The lowest BCUT2D eigenvalue weighted by Gasteiger charge is -2.09. The van der Waals surface area contributed by atoms with Crippen molar-refractivity contribution in [1.29, 1.82) is 0 Å². The summed E-state index contributed by atoms with van der Waals surface area (Å²) >= 11 is 3.30. The molecule has 0 aliphatic rings. The summed E-state index contributed by atoms with van der Waals surface area (Å²) in [6.07, 6.45) is 2.08. The number of benzene rings is 3. The Morgan fingerprint density at radius 1 is 0.883 bits per heavy atom. The second-order valence-corrected chi connectivity index (χ2v) is 16.4. The van der Waals surface area contributed by atoms with Gasteiger partial charge < -0.3 is 36.3 Å². The summed E-state index contributed by atoms with van der Waals surface area (Å²) in [7, 11) is 1.97. The number of nitrogens with two attached hydrogens (primary N) is 1. The Labute approximate surface area is 358 Å². The molecule has 0 radical (unpaired) electrons. The predicted octanol–water partition coefficient (Wildman–Crippen LogP) is 6.21. The van der Waals surface area contributed by atoms with Gasteiger partial charge in [-0.15, -0.1) is 16.4 Å². The van der Waals surface area contributed by atoms with Gasteiger partial charge in [-0.05, 0) is 90.8 Å². The molecule has 3 aromatic carbocycles. The molecule has 0 fully saturated rings. The second kappa shape index (κ2) is 20.7. The molecular weight excluding hydrogens is 795 g/mol. The number of anilines is 1. The van der Waals surface area contributed by atoms with Crippen LogP contribution in [0.5, 0.6) is 0 Å². The van der Waals surface area contributed by atoms with E-state index in [1.165, 1.54) is 37.8 Å². The summed E-state index contributed by atoms with van der Waals surface area (Å²) in [5.41, 5.74) is 14.5. The molecule has 0 saturated heterocycles. The van der Waals surface area contributed by atoms with Crippen molar-refractivity contribution in [3.63, 3.8) is 0 Å². The zero-order valence-electron chi connectivity index (χ0n) is 34.4. The van der Waals surface area contributed by atoms with Gasteiger partial charge in [0.2, 0.25) is 5.91 Å². The van der Waals surface area contributed by atoms with Gasteiger partial charge in [-0.1, -0.05) is 54.2 Å². The van der Waals surface area contributed by atoms with Crippen LogP contribution in [0, 0.1) is 0 Å². The van der Waals surface area contributed by atoms with Crippen LogP contribution in [0.1, 0.15) is 53.7 Å². The molecule has 7 rings (SSSR count). The van der Waals surface area contributed by atoms with E-state index in [0.717, 1.165) is 36.4 Å². The molecule has 0 aliphatic carbocycles. The van der Waals surface area contributed by atoms with E-state index in [0.29, 0.717) is 86.5 Å². The van der Waals surface area contributed by atoms with Crippen molar-refractivity contribution in [3.8, 4) is 10.4 Å².